The summed E-state index contributed by atoms with van der Waals surface area (Å²) in [5.74, 6) is 1.34. The number of fused-ring (bicyclic) bond motifs is 1. The van der Waals surface area contributed by atoms with Crippen molar-refractivity contribution in [2.24, 2.45) is 0 Å². The first-order valence-corrected chi connectivity index (χ1v) is 8.12. The maximum Gasteiger partial charge on any atom is 0.266 e. The fourth-order valence-corrected chi connectivity index (χ4v) is 3.05. The Kier molecular flexibility index (Phi) is 3.39. The normalized spacial score (nSPS) is 13.8. The summed E-state index contributed by atoms with van der Waals surface area (Å²) in [7, 11) is 0. The number of benzene rings is 1. The van der Waals surface area contributed by atoms with Crippen LogP contribution in [0.1, 0.15) is 42.6 Å². The molecule has 0 saturated heterocycles. The Morgan fingerprint density at radius 3 is 2.67 bits per heavy atom. The summed E-state index contributed by atoms with van der Waals surface area (Å²) in [5.41, 5.74) is 3.06. The summed E-state index contributed by atoms with van der Waals surface area (Å²) in [5, 5.41) is 10.4. The highest BCUT2D eigenvalue weighted by Gasteiger charge is 2.24. The zero-order chi connectivity index (χ0) is 16.7. The van der Waals surface area contributed by atoms with Crippen LogP contribution in [0.15, 0.2) is 35.4 Å². The van der Waals surface area contributed by atoms with Crippen LogP contribution < -0.4 is 5.56 Å². The van der Waals surface area contributed by atoms with Gasteiger partial charge >= 0.3 is 0 Å². The van der Waals surface area contributed by atoms with Gasteiger partial charge < -0.3 is 4.98 Å². The molecular formula is C19H16N4O. The number of hydrogen-bond donors (Lipinski definition) is 1. The number of H-pyrrole nitrogens is 1. The van der Waals surface area contributed by atoms with Gasteiger partial charge in [0.2, 0.25) is 0 Å². The Morgan fingerprint density at radius 1 is 1.29 bits per heavy atom. The average Bonchev–Trinajstić information content (AvgIpc) is 3.45. The van der Waals surface area contributed by atoms with E-state index in [0.717, 1.165) is 23.1 Å². The van der Waals surface area contributed by atoms with Gasteiger partial charge in [-0.1, -0.05) is 13.0 Å². The maximum atomic E-state index is 12.3. The van der Waals surface area contributed by atoms with Crippen LogP contribution in [0.2, 0.25) is 0 Å². The lowest BCUT2D eigenvalue weighted by Crippen LogP contribution is -2.12. The molecule has 24 heavy (non-hydrogen) atoms. The van der Waals surface area contributed by atoms with Crippen molar-refractivity contribution in [3.05, 3.63) is 57.9 Å². The molecule has 1 aromatic carbocycles. The fraction of sp³-hybridized carbons (Fsp3) is 0.263. The Balaban J connectivity index is 2.03. The smallest absolute Gasteiger partial charge is 0.266 e. The molecule has 0 spiro atoms. The van der Waals surface area contributed by atoms with Crippen molar-refractivity contribution in [3.8, 4) is 17.2 Å². The SMILES string of the molecule is CCc1ncc(-c2c(C#N)c(=O)[nH]c3ccc(C4CC4)cc23)cn1. The van der Waals surface area contributed by atoms with E-state index in [1.165, 1.54) is 18.4 Å². The number of nitriles is 1. The Labute approximate surface area is 139 Å². The van der Waals surface area contributed by atoms with E-state index in [0.29, 0.717) is 17.0 Å². The van der Waals surface area contributed by atoms with Gasteiger partial charge in [-0.25, -0.2) is 9.97 Å². The molecule has 0 radical (unpaired) electrons. The monoisotopic (exact) mass is 316 g/mol. The van der Waals surface area contributed by atoms with Gasteiger partial charge in [0.25, 0.3) is 5.56 Å². The van der Waals surface area contributed by atoms with Crippen molar-refractivity contribution in [2.75, 3.05) is 0 Å². The van der Waals surface area contributed by atoms with Crippen LogP contribution in [0.5, 0.6) is 0 Å². The van der Waals surface area contributed by atoms with Gasteiger partial charge in [-0.3, -0.25) is 4.79 Å². The van der Waals surface area contributed by atoms with Gasteiger partial charge in [-0.15, -0.1) is 0 Å². The Bertz CT molecular complexity index is 1020. The minimum atomic E-state index is -0.376. The van der Waals surface area contributed by atoms with Gasteiger partial charge in [-0.05, 0) is 36.5 Å². The van der Waals surface area contributed by atoms with Crippen molar-refractivity contribution in [1.82, 2.24) is 15.0 Å². The summed E-state index contributed by atoms with van der Waals surface area (Å²) < 4.78 is 0. The Hall–Kier alpha value is -3.00. The number of aromatic nitrogens is 3. The van der Waals surface area contributed by atoms with E-state index in [2.05, 4.69) is 27.1 Å². The predicted molar refractivity (Wildman–Crippen MR) is 91.7 cm³/mol. The number of nitrogens with one attached hydrogen (secondary N) is 1. The molecule has 118 valence electrons. The minimum Gasteiger partial charge on any atom is -0.321 e. The van der Waals surface area contributed by atoms with Crippen LogP contribution in [-0.2, 0) is 6.42 Å². The largest absolute Gasteiger partial charge is 0.321 e. The van der Waals surface area contributed by atoms with Crippen LogP contribution >= 0.6 is 0 Å². The van der Waals surface area contributed by atoms with Crippen LogP contribution in [0.3, 0.4) is 0 Å². The zero-order valence-electron chi connectivity index (χ0n) is 13.3. The van der Waals surface area contributed by atoms with Crippen molar-refractivity contribution in [1.29, 1.82) is 5.26 Å². The van der Waals surface area contributed by atoms with Crippen molar-refractivity contribution in [3.63, 3.8) is 0 Å². The van der Waals surface area contributed by atoms with Gasteiger partial charge in [-0.2, -0.15) is 5.26 Å². The summed E-state index contributed by atoms with van der Waals surface area (Å²) in [6, 6.07) is 8.12. The summed E-state index contributed by atoms with van der Waals surface area (Å²) in [6.45, 7) is 1.99. The first-order chi connectivity index (χ1) is 11.7. The highest BCUT2D eigenvalue weighted by molar-refractivity contribution is 5.97. The third kappa shape index (κ3) is 2.37. The van der Waals surface area contributed by atoms with Crippen LogP contribution in [0, 0.1) is 11.3 Å². The third-order valence-electron chi connectivity index (χ3n) is 4.51. The molecular weight excluding hydrogens is 300 g/mol. The second-order valence-electron chi connectivity index (χ2n) is 6.14. The quantitative estimate of drug-likeness (QED) is 0.803. The number of pyridine rings is 1. The van der Waals surface area contributed by atoms with E-state index in [-0.39, 0.29) is 11.1 Å². The first kappa shape index (κ1) is 14.6. The summed E-state index contributed by atoms with van der Waals surface area (Å²) in [6.07, 6.45) is 6.54. The van der Waals surface area contributed by atoms with Gasteiger partial charge in [0.1, 0.15) is 17.5 Å². The molecule has 3 aromatic rings. The summed E-state index contributed by atoms with van der Waals surface area (Å²) in [4.78, 5) is 23.7. The molecule has 1 fully saturated rings. The van der Waals surface area contributed by atoms with E-state index >= 15 is 0 Å². The van der Waals surface area contributed by atoms with Crippen molar-refractivity contribution >= 4 is 10.9 Å². The van der Waals surface area contributed by atoms with Crippen molar-refractivity contribution < 1.29 is 0 Å². The molecule has 1 N–H and O–H groups in total. The van der Waals surface area contributed by atoms with E-state index in [4.69, 9.17) is 0 Å². The minimum absolute atomic E-state index is 0.114. The van der Waals surface area contributed by atoms with Gasteiger partial charge in [0, 0.05) is 40.8 Å². The molecule has 0 amide bonds. The number of nitrogens with zero attached hydrogens (tertiary/aromatic N) is 3. The lowest BCUT2D eigenvalue weighted by Gasteiger charge is -2.10. The third-order valence-corrected chi connectivity index (χ3v) is 4.51. The first-order valence-electron chi connectivity index (χ1n) is 8.12. The van der Waals surface area contributed by atoms with Crippen molar-refractivity contribution in [2.45, 2.75) is 32.1 Å². The van der Waals surface area contributed by atoms with E-state index in [1.54, 1.807) is 12.4 Å². The van der Waals surface area contributed by atoms with Gasteiger partial charge in [0.15, 0.2) is 0 Å². The molecule has 1 aliphatic rings. The fourth-order valence-electron chi connectivity index (χ4n) is 3.05. The van der Waals surface area contributed by atoms with E-state index in [9.17, 15) is 10.1 Å². The molecule has 2 aromatic heterocycles. The molecule has 1 saturated carbocycles. The average molecular weight is 316 g/mol. The predicted octanol–water partition coefficient (Wildman–Crippen LogP) is 3.30. The highest BCUT2D eigenvalue weighted by Crippen LogP contribution is 2.41. The lowest BCUT2D eigenvalue weighted by molar-refractivity contribution is 0.941. The summed E-state index contributed by atoms with van der Waals surface area (Å²) >= 11 is 0. The molecule has 0 atom stereocenters. The number of hydrogen-bond acceptors (Lipinski definition) is 4. The van der Waals surface area contributed by atoms with E-state index in [1.807, 2.05) is 19.1 Å². The molecule has 2 heterocycles. The number of rotatable bonds is 3. The molecule has 0 bridgehead atoms. The van der Waals surface area contributed by atoms with Crippen LogP contribution in [0.25, 0.3) is 22.0 Å². The van der Waals surface area contributed by atoms with Gasteiger partial charge in [0.05, 0.1) is 0 Å². The molecule has 4 rings (SSSR count). The lowest BCUT2D eigenvalue weighted by atomic mass is 9.96. The standard InChI is InChI=1S/C19H16N4O/c1-2-17-21-9-13(10-22-17)18-14-7-12(11-3-4-11)5-6-16(14)23-19(24)15(18)8-20/h5-7,9-11H,2-4H2,1H3,(H,23,24). The molecule has 5 heteroatoms. The number of aromatic amines is 1. The topological polar surface area (TPSA) is 82.4 Å². The van der Waals surface area contributed by atoms with Crippen LogP contribution in [0.4, 0.5) is 0 Å². The molecule has 1 aliphatic carbocycles. The zero-order valence-corrected chi connectivity index (χ0v) is 13.3. The Morgan fingerprint density at radius 2 is 2.04 bits per heavy atom. The second kappa shape index (κ2) is 5.57. The molecule has 0 unspecified atom stereocenters. The van der Waals surface area contributed by atoms with Crippen LogP contribution in [-0.4, -0.2) is 15.0 Å². The van der Waals surface area contributed by atoms with E-state index < -0.39 is 0 Å². The highest BCUT2D eigenvalue weighted by atomic mass is 16.1. The second-order valence-corrected chi connectivity index (χ2v) is 6.14. The maximum absolute atomic E-state index is 12.3. The molecule has 0 aliphatic heterocycles. The number of aryl methyl sites for hydroxylation is 1. The molecule has 5 nitrogen and oxygen atoms in total.